The zero-order valence-electron chi connectivity index (χ0n) is 7.26. The van der Waals surface area contributed by atoms with Crippen LogP contribution >= 0.6 is 0 Å². The van der Waals surface area contributed by atoms with Crippen molar-refractivity contribution in [3.63, 3.8) is 0 Å². The zero-order valence-corrected chi connectivity index (χ0v) is 7.26. The lowest BCUT2D eigenvalue weighted by molar-refractivity contribution is 0.316. The van der Waals surface area contributed by atoms with Crippen molar-refractivity contribution in [2.75, 3.05) is 0 Å². The van der Waals surface area contributed by atoms with Crippen molar-refractivity contribution >= 4 is 0 Å². The van der Waals surface area contributed by atoms with E-state index in [0.29, 0.717) is 6.04 Å². The fraction of sp³-hybridized carbons (Fsp3) is 1.00. The molecule has 2 aliphatic rings. The van der Waals surface area contributed by atoms with Gasteiger partial charge in [0.25, 0.3) is 0 Å². The van der Waals surface area contributed by atoms with E-state index in [4.69, 9.17) is 5.73 Å². The average molecular weight is 153 g/mol. The van der Waals surface area contributed by atoms with Gasteiger partial charge in [-0.3, -0.25) is 0 Å². The molecule has 0 aromatic carbocycles. The molecule has 2 aliphatic carbocycles. The Balaban J connectivity index is 1.92. The van der Waals surface area contributed by atoms with Gasteiger partial charge in [0.2, 0.25) is 0 Å². The van der Waals surface area contributed by atoms with E-state index >= 15 is 0 Å². The van der Waals surface area contributed by atoms with E-state index < -0.39 is 0 Å². The van der Waals surface area contributed by atoms with Crippen LogP contribution in [-0.4, -0.2) is 6.04 Å². The molecule has 0 unspecified atom stereocenters. The number of hydrogen-bond donors (Lipinski definition) is 1. The van der Waals surface area contributed by atoms with Crippen LogP contribution in [0.3, 0.4) is 0 Å². The van der Waals surface area contributed by atoms with Gasteiger partial charge in [-0.25, -0.2) is 0 Å². The molecule has 2 atom stereocenters. The van der Waals surface area contributed by atoms with E-state index in [-0.39, 0.29) is 0 Å². The number of nitrogens with two attached hydrogens (primary N) is 1. The fourth-order valence-electron chi connectivity index (χ4n) is 2.99. The first-order valence-electron chi connectivity index (χ1n) is 5.13. The molecule has 0 aromatic rings. The van der Waals surface area contributed by atoms with E-state index in [2.05, 4.69) is 0 Å². The van der Waals surface area contributed by atoms with E-state index in [9.17, 15) is 0 Å². The molecular weight excluding hydrogens is 134 g/mol. The SMILES string of the molecule is N[C@H]1CCC[C@@H]1C1CCCC1. The summed E-state index contributed by atoms with van der Waals surface area (Å²) in [5, 5.41) is 0. The molecule has 1 nitrogen and oxygen atoms in total. The minimum absolute atomic E-state index is 0.554. The van der Waals surface area contributed by atoms with Crippen molar-refractivity contribution in [2.45, 2.75) is 51.0 Å². The van der Waals surface area contributed by atoms with Crippen LogP contribution in [0.25, 0.3) is 0 Å². The van der Waals surface area contributed by atoms with Crippen molar-refractivity contribution < 1.29 is 0 Å². The molecule has 11 heavy (non-hydrogen) atoms. The van der Waals surface area contributed by atoms with Gasteiger partial charge in [0.1, 0.15) is 0 Å². The maximum atomic E-state index is 6.06. The molecule has 2 rings (SSSR count). The van der Waals surface area contributed by atoms with E-state index in [1.165, 1.54) is 44.9 Å². The molecule has 1 heteroatoms. The molecule has 2 saturated carbocycles. The maximum Gasteiger partial charge on any atom is 0.00698 e. The second-order valence-electron chi connectivity index (χ2n) is 4.30. The van der Waals surface area contributed by atoms with Gasteiger partial charge < -0.3 is 5.73 Å². The molecule has 0 saturated heterocycles. The summed E-state index contributed by atoms with van der Waals surface area (Å²) in [5.74, 6) is 1.91. The molecule has 0 amide bonds. The quantitative estimate of drug-likeness (QED) is 0.614. The van der Waals surface area contributed by atoms with Gasteiger partial charge in [0, 0.05) is 6.04 Å². The third-order valence-corrected chi connectivity index (χ3v) is 3.63. The Morgan fingerprint density at radius 1 is 0.818 bits per heavy atom. The van der Waals surface area contributed by atoms with Gasteiger partial charge in [-0.05, 0) is 24.7 Å². The topological polar surface area (TPSA) is 26.0 Å². The molecule has 0 spiro atoms. The molecule has 0 radical (unpaired) electrons. The zero-order chi connectivity index (χ0) is 7.68. The largest absolute Gasteiger partial charge is 0.327 e. The van der Waals surface area contributed by atoms with E-state index in [0.717, 1.165) is 11.8 Å². The Kier molecular flexibility index (Phi) is 2.17. The van der Waals surface area contributed by atoms with Crippen molar-refractivity contribution in [3.05, 3.63) is 0 Å². The molecule has 0 aromatic heterocycles. The van der Waals surface area contributed by atoms with Crippen LogP contribution in [0.5, 0.6) is 0 Å². The lowest BCUT2D eigenvalue weighted by Gasteiger charge is -2.21. The molecule has 0 heterocycles. The van der Waals surface area contributed by atoms with Crippen LogP contribution in [0.2, 0.25) is 0 Å². The fourth-order valence-corrected chi connectivity index (χ4v) is 2.99. The second kappa shape index (κ2) is 3.14. The van der Waals surface area contributed by atoms with E-state index in [1.807, 2.05) is 0 Å². The van der Waals surface area contributed by atoms with Gasteiger partial charge in [0.05, 0.1) is 0 Å². The number of hydrogen-bond acceptors (Lipinski definition) is 1. The van der Waals surface area contributed by atoms with Crippen molar-refractivity contribution in [1.29, 1.82) is 0 Å². The van der Waals surface area contributed by atoms with Crippen molar-refractivity contribution in [2.24, 2.45) is 17.6 Å². The molecule has 0 bridgehead atoms. The van der Waals surface area contributed by atoms with Crippen LogP contribution in [-0.2, 0) is 0 Å². The van der Waals surface area contributed by atoms with E-state index in [1.54, 1.807) is 0 Å². The lowest BCUT2D eigenvalue weighted by atomic mass is 9.87. The Morgan fingerprint density at radius 3 is 2.09 bits per heavy atom. The standard InChI is InChI=1S/C10H19N/c11-10-7-3-6-9(10)8-4-1-2-5-8/h8-10H,1-7,11H2/t9-,10+/m1/s1. The Labute approximate surface area is 69.4 Å². The molecule has 64 valence electrons. The van der Waals surface area contributed by atoms with Crippen LogP contribution in [0.4, 0.5) is 0 Å². The third kappa shape index (κ3) is 1.44. The van der Waals surface area contributed by atoms with Gasteiger partial charge >= 0.3 is 0 Å². The highest BCUT2D eigenvalue weighted by Crippen LogP contribution is 2.39. The monoisotopic (exact) mass is 153 g/mol. The number of rotatable bonds is 1. The smallest absolute Gasteiger partial charge is 0.00698 e. The van der Waals surface area contributed by atoms with Crippen LogP contribution < -0.4 is 5.73 Å². The summed E-state index contributed by atoms with van der Waals surface area (Å²) in [6.07, 6.45) is 9.98. The summed E-state index contributed by atoms with van der Waals surface area (Å²) < 4.78 is 0. The minimum Gasteiger partial charge on any atom is -0.327 e. The third-order valence-electron chi connectivity index (χ3n) is 3.63. The normalized spacial score (nSPS) is 40.1. The predicted octanol–water partition coefficient (Wildman–Crippen LogP) is 2.30. The first kappa shape index (κ1) is 7.60. The Hall–Kier alpha value is -0.0400. The van der Waals surface area contributed by atoms with Gasteiger partial charge in [0.15, 0.2) is 0 Å². The molecule has 0 aliphatic heterocycles. The summed E-state index contributed by atoms with van der Waals surface area (Å²) >= 11 is 0. The molecule has 2 fully saturated rings. The van der Waals surface area contributed by atoms with Gasteiger partial charge in [-0.1, -0.05) is 32.1 Å². The summed E-state index contributed by atoms with van der Waals surface area (Å²) in [6, 6.07) is 0.554. The second-order valence-corrected chi connectivity index (χ2v) is 4.30. The summed E-state index contributed by atoms with van der Waals surface area (Å²) in [5.41, 5.74) is 6.06. The van der Waals surface area contributed by atoms with Gasteiger partial charge in [-0.2, -0.15) is 0 Å². The van der Waals surface area contributed by atoms with Crippen LogP contribution in [0, 0.1) is 11.8 Å². The van der Waals surface area contributed by atoms with Crippen molar-refractivity contribution in [3.8, 4) is 0 Å². The summed E-state index contributed by atoms with van der Waals surface area (Å²) in [7, 11) is 0. The first-order valence-corrected chi connectivity index (χ1v) is 5.13. The maximum absolute atomic E-state index is 6.06. The highest BCUT2D eigenvalue weighted by molar-refractivity contribution is 4.87. The predicted molar refractivity (Wildman–Crippen MR) is 47.3 cm³/mol. The first-order chi connectivity index (χ1) is 5.38. The lowest BCUT2D eigenvalue weighted by Crippen LogP contribution is -2.29. The van der Waals surface area contributed by atoms with Crippen molar-refractivity contribution in [1.82, 2.24) is 0 Å². The van der Waals surface area contributed by atoms with Crippen LogP contribution in [0.1, 0.15) is 44.9 Å². The minimum atomic E-state index is 0.554. The Bertz CT molecular complexity index is 127. The molecule has 2 N–H and O–H groups in total. The summed E-state index contributed by atoms with van der Waals surface area (Å²) in [4.78, 5) is 0. The van der Waals surface area contributed by atoms with Crippen LogP contribution in [0.15, 0.2) is 0 Å². The van der Waals surface area contributed by atoms with Gasteiger partial charge in [-0.15, -0.1) is 0 Å². The Morgan fingerprint density at radius 2 is 1.55 bits per heavy atom. The molecular formula is C10H19N. The highest BCUT2D eigenvalue weighted by atomic mass is 14.7. The average Bonchev–Trinajstić information content (AvgIpc) is 2.55. The summed E-state index contributed by atoms with van der Waals surface area (Å²) in [6.45, 7) is 0. The highest BCUT2D eigenvalue weighted by Gasteiger charge is 2.32.